The van der Waals surface area contributed by atoms with Gasteiger partial charge < -0.3 is 10.2 Å². The summed E-state index contributed by atoms with van der Waals surface area (Å²) in [6, 6.07) is 6.18. The first kappa shape index (κ1) is 14.4. The molecule has 4 heterocycles. The van der Waals surface area contributed by atoms with Crippen LogP contribution in [0.3, 0.4) is 0 Å². The van der Waals surface area contributed by atoms with Gasteiger partial charge in [0.1, 0.15) is 17.7 Å². The van der Waals surface area contributed by atoms with E-state index in [0.29, 0.717) is 5.69 Å². The van der Waals surface area contributed by atoms with E-state index in [4.69, 9.17) is 5.26 Å². The van der Waals surface area contributed by atoms with Gasteiger partial charge >= 0.3 is 0 Å². The number of aromatic nitrogens is 5. The van der Waals surface area contributed by atoms with Crippen molar-refractivity contribution in [3.8, 4) is 6.07 Å². The lowest BCUT2D eigenvalue weighted by Gasteiger charge is -2.17. The van der Waals surface area contributed by atoms with Crippen LogP contribution in [0.4, 0.5) is 11.6 Å². The summed E-state index contributed by atoms with van der Waals surface area (Å²) in [4.78, 5) is 14.9. The number of aryl methyl sites for hydroxylation is 1. The molecule has 3 aromatic rings. The third kappa shape index (κ3) is 2.72. The number of hydrogen-bond donors (Lipinski definition) is 1. The summed E-state index contributed by atoms with van der Waals surface area (Å²) in [6.45, 7) is 3.67. The lowest BCUT2D eigenvalue weighted by Crippen LogP contribution is -2.27. The summed E-state index contributed by atoms with van der Waals surface area (Å²) in [6.07, 6.45) is 6.06. The van der Waals surface area contributed by atoms with E-state index in [1.165, 1.54) is 6.20 Å². The molecule has 0 aromatic carbocycles. The average Bonchev–Trinajstić information content (AvgIpc) is 3.20. The maximum atomic E-state index is 8.79. The van der Waals surface area contributed by atoms with E-state index in [-0.39, 0.29) is 6.04 Å². The van der Waals surface area contributed by atoms with E-state index < -0.39 is 0 Å². The minimum absolute atomic E-state index is 0.289. The second-order valence-corrected chi connectivity index (χ2v) is 5.85. The van der Waals surface area contributed by atoms with Gasteiger partial charge in [-0.1, -0.05) is 0 Å². The summed E-state index contributed by atoms with van der Waals surface area (Å²) < 4.78 is 1.79. The van der Waals surface area contributed by atoms with E-state index in [2.05, 4.69) is 30.3 Å². The van der Waals surface area contributed by atoms with Gasteiger partial charge in [-0.3, -0.25) is 0 Å². The highest BCUT2D eigenvalue weighted by molar-refractivity contribution is 5.47. The van der Waals surface area contributed by atoms with Gasteiger partial charge in [0, 0.05) is 19.1 Å². The lowest BCUT2D eigenvalue weighted by molar-refractivity contribution is 0.787. The fourth-order valence-electron chi connectivity index (χ4n) is 2.92. The Morgan fingerprint density at radius 1 is 1.29 bits per heavy atom. The number of nitrogens with one attached hydrogen (secondary N) is 1. The van der Waals surface area contributed by atoms with E-state index in [1.54, 1.807) is 10.7 Å². The van der Waals surface area contributed by atoms with Crippen LogP contribution >= 0.6 is 0 Å². The van der Waals surface area contributed by atoms with E-state index in [0.717, 1.165) is 42.5 Å². The van der Waals surface area contributed by atoms with Crippen molar-refractivity contribution in [3.63, 3.8) is 0 Å². The smallest absolute Gasteiger partial charge is 0.158 e. The van der Waals surface area contributed by atoms with E-state index >= 15 is 0 Å². The molecule has 1 atom stereocenters. The Morgan fingerprint density at radius 2 is 2.21 bits per heavy atom. The van der Waals surface area contributed by atoms with Crippen LogP contribution in [-0.4, -0.2) is 43.7 Å². The van der Waals surface area contributed by atoms with Crippen molar-refractivity contribution in [1.29, 1.82) is 5.26 Å². The average molecular weight is 320 g/mol. The minimum Gasteiger partial charge on any atom is -0.364 e. The van der Waals surface area contributed by atoms with Crippen LogP contribution in [0, 0.1) is 18.3 Å². The quantitative estimate of drug-likeness (QED) is 0.779. The largest absolute Gasteiger partial charge is 0.364 e. The molecule has 0 spiro atoms. The summed E-state index contributed by atoms with van der Waals surface area (Å²) in [5, 5.41) is 16.8. The van der Waals surface area contributed by atoms with Crippen molar-refractivity contribution in [2.45, 2.75) is 19.4 Å². The Labute approximate surface area is 138 Å². The molecule has 0 bridgehead atoms. The second kappa shape index (κ2) is 5.77. The highest BCUT2D eigenvalue weighted by Gasteiger charge is 2.24. The Balaban J connectivity index is 1.44. The molecule has 120 valence electrons. The number of anilines is 2. The SMILES string of the molecule is Cc1cn2nc(NC3CCN(c4cnc(C#N)cn4)C3)ccc2n1. The number of nitriles is 1. The molecule has 1 unspecified atom stereocenters. The number of nitrogens with zero attached hydrogens (tertiary/aromatic N) is 7. The molecule has 8 nitrogen and oxygen atoms in total. The molecular weight excluding hydrogens is 304 g/mol. The van der Waals surface area contributed by atoms with Crippen molar-refractivity contribution in [1.82, 2.24) is 24.6 Å². The summed E-state index contributed by atoms with van der Waals surface area (Å²) in [5.74, 6) is 1.63. The Morgan fingerprint density at radius 3 is 3.00 bits per heavy atom. The first-order valence-electron chi connectivity index (χ1n) is 7.78. The predicted octanol–water partition coefficient (Wildman–Crippen LogP) is 1.39. The van der Waals surface area contributed by atoms with E-state index in [1.807, 2.05) is 31.3 Å². The second-order valence-electron chi connectivity index (χ2n) is 5.85. The topological polar surface area (TPSA) is 95.0 Å². The van der Waals surface area contributed by atoms with Gasteiger partial charge in [-0.25, -0.2) is 19.5 Å². The molecule has 0 aliphatic carbocycles. The molecule has 24 heavy (non-hydrogen) atoms. The third-order valence-corrected chi connectivity index (χ3v) is 4.06. The first-order valence-corrected chi connectivity index (χ1v) is 7.78. The number of fused-ring (bicyclic) bond motifs is 1. The summed E-state index contributed by atoms with van der Waals surface area (Å²) >= 11 is 0. The maximum Gasteiger partial charge on any atom is 0.158 e. The van der Waals surface area contributed by atoms with Gasteiger partial charge in [0.2, 0.25) is 0 Å². The Kier molecular flexibility index (Phi) is 3.46. The predicted molar refractivity (Wildman–Crippen MR) is 88.7 cm³/mol. The molecule has 1 fully saturated rings. The van der Waals surface area contributed by atoms with Crippen LogP contribution in [0.25, 0.3) is 5.65 Å². The molecule has 0 saturated carbocycles. The zero-order valence-corrected chi connectivity index (χ0v) is 13.2. The van der Waals surface area contributed by atoms with Crippen LogP contribution in [-0.2, 0) is 0 Å². The third-order valence-electron chi connectivity index (χ3n) is 4.06. The molecule has 1 N–H and O–H groups in total. The van der Waals surface area contributed by atoms with Crippen LogP contribution < -0.4 is 10.2 Å². The number of imidazole rings is 1. The molecule has 1 aliphatic heterocycles. The van der Waals surface area contributed by atoms with Gasteiger partial charge in [-0.05, 0) is 25.5 Å². The molecule has 1 aliphatic rings. The lowest BCUT2D eigenvalue weighted by atomic mass is 10.2. The zero-order valence-electron chi connectivity index (χ0n) is 13.2. The highest BCUT2D eigenvalue weighted by atomic mass is 15.3. The van der Waals surface area contributed by atoms with Crippen molar-refractivity contribution < 1.29 is 0 Å². The Hall–Kier alpha value is -3.21. The maximum absolute atomic E-state index is 8.79. The normalized spacial score (nSPS) is 17.2. The molecule has 1 saturated heterocycles. The van der Waals surface area contributed by atoms with Crippen molar-refractivity contribution in [2.24, 2.45) is 0 Å². The van der Waals surface area contributed by atoms with Gasteiger partial charge in [0.05, 0.1) is 24.3 Å². The fourth-order valence-corrected chi connectivity index (χ4v) is 2.92. The van der Waals surface area contributed by atoms with Crippen molar-refractivity contribution in [3.05, 3.63) is 42.1 Å². The van der Waals surface area contributed by atoms with Gasteiger partial charge in [0.25, 0.3) is 0 Å². The van der Waals surface area contributed by atoms with Gasteiger partial charge in [-0.2, -0.15) is 5.26 Å². The molecule has 0 amide bonds. The molecule has 0 radical (unpaired) electrons. The van der Waals surface area contributed by atoms with E-state index in [9.17, 15) is 0 Å². The van der Waals surface area contributed by atoms with Crippen molar-refractivity contribution in [2.75, 3.05) is 23.3 Å². The van der Waals surface area contributed by atoms with Crippen LogP contribution in [0.2, 0.25) is 0 Å². The highest BCUT2D eigenvalue weighted by Crippen LogP contribution is 2.19. The zero-order chi connectivity index (χ0) is 16.5. The number of rotatable bonds is 3. The molecule has 4 rings (SSSR count). The van der Waals surface area contributed by atoms with Crippen LogP contribution in [0.5, 0.6) is 0 Å². The minimum atomic E-state index is 0.289. The summed E-state index contributed by atoms with van der Waals surface area (Å²) in [7, 11) is 0. The monoisotopic (exact) mass is 320 g/mol. The van der Waals surface area contributed by atoms with Crippen LogP contribution in [0.15, 0.2) is 30.7 Å². The Bertz CT molecular complexity index is 908. The standard InChI is InChI=1S/C16H16N8/c1-11-9-24-15(20-11)3-2-14(22-24)21-12-4-5-23(10-12)16-8-18-13(6-17)7-19-16/h2-3,7-9,12H,4-5,10H2,1H3,(H,21,22). The molecule has 8 heteroatoms. The molecule has 3 aromatic heterocycles. The number of hydrogen-bond acceptors (Lipinski definition) is 7. The van der Waals surface area contributed by atoms with Gasteiger partial charge in [-0.15, -0.1) is 5.10 Å². The van der Waals surface area contributed by atoms with Crippen molar-refractivity contribution >= 4 is 17.3 Å². The summed E-state index contributed by atoms with van der Waals surface area (Å²) in [5.41, 5.74) is 2.13. The van der Waals surface area contributed by atoms with Gasteiger partial charge in [0.15, 0.2) is 11.3 Å². The van der Waals surface area contributed by atoms with Crippen LogP contribution in [0.1, 0.15) is 17.8 Å². The fraction of sp³-hybridized carbons (Fsp3) is 0.312. The molecular formula is C16H16N8. The first-order chi connectivity index (χ1) is 11.7.